The molecule has 0 N–H and O–H groups in total. The summed E-state index contributed by atoms with van der Waals surface area (Å²) in [5.41, 5.74) is 4.76. The summed E-state index contributed by atoms with van der Waals surface area (Å²) < 4.78 is 2.41. The standard InChI is InChI=1S/C31H24N2S/c1-3-13-24(14-4-1)30(34-26-17-5-2-6-18-26)31-32-28-20-9-10-21-29(28)33(31)22-25-16-11-15-23-12-7-8-19-27(23)25/h1-21,30H,22H2. The fourth-order valence-electron chi connectivity index (χ4n) is 4.59. The van der Waals surface area contributed by atoms with Crippen LogP contribution in [0.2, 0.25) is 0 Å². The Morgan fingerprint density at radius 2 is 1.32 bits per heavy atom. The summed E-state index contributed by atoms with van der Waals surface area (Å²) in [5, 5.41) is 2.64. The molecule has 0 amide bonds. The molecule has 0 saturated carbocycles. The molecule has 6 rings (SSSR count). The topological polar surface area (TPSA) is 17.8 Å². The highest BCUT2D eigenvalue weighted by atomic mass is 32.2. The van der Waals surface area contributed by atoms with Gasteiger partial charge in [0.05, 0.1) is 16.3 Å². The second kappa shape index (κ2) is 9.20. The number of hydrogen-bond donors (Lipinski definition) is 0. The molecule has 6 aromatic rings. The Labute approximate surface area is 203 Å². The van der Waals surface area contributed by atoms with Gasteiger partial charge in [0, 0.05) is 11.4 Å². The maximum absolute atomic E-state index is 5.20. The minimum absolute atomic E-state index is 0.0750. The summed E-state index contributed by atoms with van der Waals surface area (Å²) in [7, 11) is 0. The van der Waals surface area contributed by atoms with Crippen molar-refractivity contribution in [1.29, 1.82) is 0 Å². The average molecular weight is 457 g/mol. The third kappa shape index (κ3) is 4.00. The number of thioether (sulfide) groups is 1. The minimum atomic E-state index is 0.0750. The van der Waals surface area contributed by atoms with Gasteiger partial charge in [-0.1, -0.05) is 103 Å². The van der Waals surface area contributed by atoms with Crippen LogP contribution in [0, 0.1) is 0 Å². The number of para-hydroxylation sites is 2. The summed E-state index contributed by atoms with van der Waals surface area (Å²) in [6, 6.07) is 45.0. The van der Waals surface area contributed by atoms with Crippen LogP contribution in [0.4, 0.5) is 0 Å². The van der Waals surface area contributed by atoms with E-state index in [1.807, 2.05) is 11.8 Å². The van der Waals surface area contributed by atoms with Crippen molar-refractivity contribution in [2.75, 3.05) is 0 Å². The Kier molecular flexibility index (Phi) is 5.62. The van der Waals surface area contributed by atoms with E-state index in [1.165, 1.54) is 32.3 Å². The highest BCUT2D eigenvalue weighted by Crippen LogP contribution is 2.41. The number of benzene rings is 5. The van der Waals surface area contributed by atoms with Crippen LogP contribution in [-0.2, 0) is 6.54 Å². The number of nitrogens with zero attached hydrogens (tertiary/aromatic N) is 2. The van der Waals surface area contributed by atoms with Crippen LogP contribution >= 0.6 is 11.8 Å². The van der Waals surface area contributed by atoms with Gasteiger partial charge in [0.25, 0.3) is 0 Å². The molecule has 0 aliphatic carbocycles. The molecule has 2 nitrogen and oxygen atoms in total. The van der Waals surface area contributed by atoms with Crippen LogP contribution in [0.5, 0.6) is 0 Å². The van der Waals surface area contributed by atoms with E-state index >= 15 is 0 Å². The van der Waals surface area contributed by atoms with Crippen LogP contribution in [0.25, 0.3) is 21.8 Å². The van der Waals surface area contributed by atoms with Crippen molar-refractivity contribution in [2.45, 2.75) is 16.7 Å². The third-order valence-electron chi connectivity index (χ3n) is 6.23. The van der Waals surface area contributed by atoms with Crippen LogP contribution in [0.1, 0.15) is 22.2 Å². The molecule has 0 fully saturated rings. The molecule has 1 atom stereocenters. The molecule has 0 saturated heterocycles. The molecule has 164 valence electrons. The number of hydrogen-bond acceptors (Lipinski definition) is 2. The molecule has 1 unspecified atom stereocenters. The lowest BCUT2D eigenvalue weighted by Crippen LogP contribution is -2.10. The van der Waals surface area contributed by atoms with E-state index in [1.54, 1.807) is 0 Å². The van der Waals surface area contributed by atoms with E-state index in [0.717, 1.165) is 17.9 Å². The molecule has 5 aromatic carbocycles. The summed E-state index contributed by atoms with van der Waals surface area (Å²) in [6.07, 6.45) is 0. The first-order chi connectivity index (χ1) is 16.9. The van der Waals surface area contributed by atoms with Gasteiger partial charge in [-0.25, -0.2) is 4.98 Å². The Morgan fingerprint density at radius 1 is 0.647 bits per heavy atom. The van der Waals surface area contributed by atoms with Gasteiger partial charge in [0.1, 0.15) is 5.82 Å². The van der Waals surface area contributed by atoms with Gasteiger partial charge in [0.15, 0.2) is 0 Å². The molecule has 3 heteroatoms. The highest BCUT2D eigenvalue weighted by molar-refractivity contribution is 7.99. The lowest BCUT2D eigenvalue weighted by molar-refractivity contribution is 0.760. The first kappa shape index (κ1) is 20.8. The van der Waals surface area contributed by atoms with Crippen molar-refractivity contribution in [2.24, 2.45) is 0 Å². The lowest BCUT2D eigenvalue weighted by atomic mass is 10.0. The summed E-state index contributed by atoms with van der Waals surface area (Å²) >= 11 is 1.86. The molecule has 0 radical (unpaired) electrons. The summed E-state index contributed by atoms with van der Waals surface area (Å²) in [6.45, 7) is 0.774. The number of aromatic nitrogens is 2. The van der Waals surface area contributed by atoms with Crippen molar-refractivity contribution in [3.63, 3.8) is 0 Å². The second-order valence-corrected chi connectivity index (χ2v) is 9.58. The third-order valence-corrected chi connectivity index (χ3v) is 7.49. The predicted molar refractivity (Wildman–Crippen MR) is 143 cm³/mol. The maximum Gasteiger partial charge on any atom is 0.128 e. The molecule has 34 heavy (non-hydrogen) atoms. The van der Waals surface area contributed by atoms with Crippen molar-refractivity contribution in [3.8, 4) is 0 Å². The Bertz CT molecular complexity index is 1550. The second-order valence-electron chi connectivity index (χ2n) is 8.40. The smallest absolute Gasteiger partial charge is 0.128 e. The first-order valence-electron chi connectivity index (χ1n) is 11.6. The van der Waals surface area contributed by atoms with Gasteiger partial charge in [-0.2, -0.15) is 0 Å². The number of fused-ring (bicyclic) bond motifs is 2. The maximum atomic E-state index is 5.20. The zero-order valence-electron chi connectivity index (χ0n) is 18.7. The van der Waals surface area contributed by atoms with Crippen molar-refractivity contribution in [3.05, 3.63) is 144 Å². The van der Waals surface area contributed by atoms with Crippen LogP contribution < -0.4 is 0 Å². The monoisotopic (exact) mass is 456 g/mol. The van der Waals surface area contributed by atoms with Gasteiger partial charge >= 0.3 is 0 Å². The van der Waals surface area contributed by atoms with Gasteiger partial charge in [-0.15, -0.1) is 11.8 Å². The highest BCUT2D eigenvalue weighted by Gasteiger charge is 2.23. The van der Waals surface area contributed by atoms with E-state index in [0.29, 0.717) is 0 Å². The molecular weight excluding hydrogens is 432 g/mol. The number of imidazole rings is 1. The normalized spacial score (nSPS) is 12.2. The molecule has 1 aromatic heterocycles. The van der Waals surface area contributed by atoms with Gasteiger partial charge in [-0.05, 0) is 46.2 Å². The fourth-order valence-corrected chi connectivity index (χ4v) is 5.76. The Hall–Kier alpha value is -3.82. The largest absolute Gasteiger partial charge is 0.322 e. The Morgan fingerprint density at radius 3 is 2.18 bits per heavy atom. The van der Waals surface area contributed by atoms with E-state index in [9.17, 15) is 0 Å². The van der Waals surface area contributed by atoms with Crippen LogP contribution in [-0.4, -0.2) is 9.55 Å². The molecule has 0 aliphatic heterocycles. The van der Waals surface area contributed by atoms with Gasteiger partial charge in [0.2, 0.25) is 0 Å². The van der Waals surface area contributed by atoms with E-state index < -0.39 is 0 Å². The van der Waals surface area contributed by atoms with Gasteiger partial charge in [-0.3, -0.25) is 0 Å². The van der Waals surface area contributed by atoms with E-state index in [4.69, 9.17) is 4.98 Å². The van der Waals surface area contributed by atoms with Gasteiger partial charge < -0.3 is 4.57 Å². The number of rotatable bonds is 6. The lowest BCUT2D eigenvalue weighted by Gasteiger charge is -2.20. The first-order valence-corrected chi connectivity index (χ1v) is 12.4. The minimum Gasteiger partial charge on any atom is -0.322 e. The van der Waals surface area contributed by atoms with E-state index in [-0.39, 0.29) is 5.25 Å². The van der Waals surface area contributed by atoms with Crippen molar-refractivity contribution < 1.29 is 0 Å². The zero-order chi connectivity index (χ0) is 22.7. The van der Waals surface area contributed by atoms with Crippen molar-refractivity contribution >= 4 is 33.6 Å². The summed E-state index contributed by atoms with van der Waals surface area (Å²) in [4.78, 5) is 6.44. The molecular formula is C31H24N2S. The van der Waals surface area contributed by atoms with Crippen LogP contribution in [0.15, 0.2) is 132 Å². The summed E-state index contributed by atoms with van der Waals surface area (Å²) in [5.74, 6) is 1.08. The van der Waals surface area contributed by atoms with Crippen LogP contribution in [0.3, 0.4) is 0 Å². The average Bonchev–Trinajstić information content (AvgIpc) is 3.26. The molecule has 1 heterocycles. The van der Waals surface area contributed by atoms with Crippen molar-refractivity contribution in [1.82, 2.24) is 9.55 Å². The quantitative estimate of drug-likeness (QED) is 0.236. The Balaban J connectivity index is 1.53. The predicted octanol–water partition coefficient (Wildman–Crippen LogP) is 8.12. The van der Waals surface area contributed by atoms with E-state index in [2.05, 4.69) is 132 Å². The molecule has 0 aliphatic rings. The molecule has 0 bridgehead atoms. The SMILES string of the molecule is c1ccc(SC(c2ccccc2)c2nc3ccccc3n2Cc2cccc3ccccc23)cc1. The molecule has 0 spiro atoms. The fraction of sp³-hybridized carbons (Fsp3) is 0.0645. The zero-order valence-corrected chi connectivity index (χ0v) is 19.5.